The number of aryl methyl sites for hydroxylation is 1. The largest absolute Gasteiger partial charge is 0.351 e. The third-order valence-electron chi connectivity index (χ3n) is 2.26. The first kappa shape index (κ1) is 8.57. The molecule has 0 bridgehead atoms. The number of rotatable bonds is 2. The highest BCUT2D eigenvalue weighted by atomic mass is 28.2. The number of aromatic nitrogens is 1. The normalized spacial score (nSPS) is 10.9. The summed E-state index contributed by atoms with van der Waals surface area (Å²) in [6.07, 6.45) is 2.26. The lowest BCUT2D eigenvalue weighted by atomic mass is 10.2. The van der Waals surface area contributed by atoms with Crippen LogP contribution < -0.4 is 5.19 Å². The Morgan fingerprint density at radius 3 is 2.85 bits per heavy atom. The Bertz CT molecular complexity index is 417. The van der Waals surface area contributed by atoms with E-state index in [1.165, 1.54) is 22.1 Å². The second-order valence-electron chi connectivity index (χ2n) is 3.20. The third-order valence-corrected chi connectivity index (χ3v) is 3.40. The lowest BCUT2D eigenvalue weighted by Crippen LogP contribution is -2.10. The smallest absolute Gasteiger partial charge is 0.0834 e. The molecule has 2 heteroatoms. The van der Waals surface area contributed by atoms with E-state index in [-0.39, 0.29) is 0 Å². The summed E-state index contributed by atoms with van der Waals surface area (Å²) < 4.78 is 2.22. The molecular formula is C11H13NSi. The first-order valence-electron chi connectivity index (χ1n) is 4.61. The molecule has 0 fully saturated rings. The van der Waals surface area contributed by atoms with Crippen molar-refractivity contribution >= 4 is 25.6 Å². The molecule has 0 aliphatic heterocycles. The molecule has 2 radical (unpaired) electrons. The van der Waals surface area contributed by atoms with Crippen molar-refractivity contribution in [2.75, 3.05) is 0 Å². The Morgan fingerprint density at radius 2 is 2.08 bits per heavy atom. The molecule has 2 aromatic rings. The van der Waals surface area contributed by atoms with Crippen LogP contribution in [0, 0.1) is 0 Å². The maximum atomic E-state index is 2.26. The standard InChI is InChI=1S/C11H13NSi/c1-3-13-11-8-12(2)10-7-5-4-6-9(10)11/h4-8H,3H2,1-2H3. The quantitative estimate of drug-likeness (QED) is 0.633. The highest BCUT2D eigenvalue weighted by Crippen LogP contribution is 2.11. The zero-order valence-electron chi connectivity index (χ0n) is 8.04. The minimum absolute atomic E-state index is 0.941. The van der Waals surface area contributed by atoms with E-state index in [1.54, 1.807) is 0 Å². The minimum atomic E-state index is 0.941. The van der Waals surface area contributed by atoms with Crippen molar-refractivity contribution in [3.63, 3.8) is 0 Å². The Morgan fingerprint density at radius 1 is 1.31 bits per heavy atom. The Hall–Kier alpha value is -1.02. The van der Waals surface area contributed by atoms with Gasteiger partial charge in [-0.1, -0.05) is 31.2 Å². The van der Waals surface area contributed by atoms with Crippen molar-refractivity contribution in [3.8, 4) is 0 Å². The number of hydrogen-bond donors (Lipinski definition) is 0. The van der Waals surface area contributed by atoms with Gasteiger partial charge in [-0.15, -0.1) is 0 Å². The Labute approximate surface area is 81.2 Å². The molecule has 1 heterocycles. The van der Waals surface area contributed by atoms with E-state index >= 15 is 0 Å². The van der Waals surface area contributed by atoms with Crippen LogP contribution in [0.25, 0.3) is 10.9 Å². The van der Waals surface area contributed by atoms with Crippen LogP contribution in [0.5, 0.6) is 0 Å². The van der Waals surface area contributed by atoms with Crippen molar-refractivity contribution in [2.24, 2.45) is 7.05 Å². The Balaban J connectivity index is 2.63. The minimum Gasteiger partial charge on any atom is -0.351 e. The van der Waals surface area contributed by atoms with Gasteiger partial charge in [-0.3, -0.25) is 0 Å². The van der Waals surface area contributed by atoms with E-state index in [0.29, 0.717) is 0 Å². The molecule has 0 saturated heterocycles. The Kier molecular flexibility index (Phi) is 2.23. The van der Waals surface area contributed by atoms with Crippen LogP contribution in [0.2, 0.25) is 6.04 Å². The van der Waals surface area contributed by atoms with Crippen molar-refractivity contribution in [2.45, 2.75) is 13.0 Å². The van der Waals surface area contributed by atoms with Gasteiger partial charge in [-0.2, -0.15) is 0 Å². The molecule has 13 heavy (non-hydrogen) atoms. The first-order valence-corrected chi connectivity index (χ1v) is 5.81. The van der Waals surface area contributed by atoms with Crippen LogP contribution in [0.4, 0.5) is 0 Å². The van der Waals surface area contributed by atoms with Gasteiger partial charge in [0.25, 0.3) is 0 Å². The number of fused-ring (bicyclic) bond motifs is 1. The zero-order valence-corrected chi connectivity index (χ0v) is 9.04. The van der Waals surface area contributed by atoms with E-state index in [2.05, 4.69) is 49.0 Å². The monoisotopic (exact) mass is 187 g/mol. The summed E-state index contributed by atoms with van der Waals surface area (Å²) in [5.41, 5.74) is 1.35. The van der Waals surface area contributed by atoms with Gasteiger partial charge in [0.2, 0.25) is 0 Å². The summed E-state index contributed by atoms with van der Waals surface area (Å²) >= 11 is 0. The zero-order chi connectivity index (χ0) is 9.26. The fraction of sp³-hybridized carbons (Fsp3) is 0.273. The molecule has 0 amide bonds. The molecule has 2 rings (SSSR count). The van der Waals surface area contributed by atoms with Gasteiger partial charge in [0.1, 0.15) is 0 Å². The summed E-state index contributed by atoms with van der Waals surface area (Å²) in [4.78, 5) is 0. The number of para-hydroxylation sites is 1. The van der Waals surface area contributed by atoms with Crippen molar-refractivity contribution in [1.82, 2.24) is 4.57 Å². The van der Waals surface area contributed by atoms with Crippen LogP contribution in [0.15, 0.2) is 30.5 Å². The van der Waals surface area contributed by atoms with Crippen LogP contribution in [-0.2, 0) is 7.05 Å². The molecule has 0 aliphatic rings. The lowest BCUT2D eigenvalue weighted by molar-refractivity contribution is 0.972. The molecule has 0 saturated carbocycles. The van der Waals surface area contributed by atoms with Gasteiger partial charge < -0.3 is 4.57 Å². The van der Waals surface area contributed by atoms with Crippen molar-refractivity contribution in [3.05, 3.63) is 30.5 Å². The average molecular weight is 187 g/mol. The van der Waals surface area contributed by atoms with Crippen LogP contribution in [-0.4, -0.2) is 14.1 Å². The van der Waals surface area contributed by atoms with E-state index in [1.807, 2.05) is 0 Å². The molecule has 0 spiro atoms. The molecule has 1 aromatic heterocycles. The molecule has 1 nitrogen and oxygen atoms in total. The maximum absolute atomic E-state index is 2.26. The summed E-state index contributed by atoms with van der Waals surface area (Å²) in [5.74, 6) is 0. The van der Waals surface area contributed by atoms with Crippen LogP contribution >= 0.6 is 0 Å². The van der Waals surface area contributed by atoms with E-state index in [9.17, 15) is 0 Å². The van der Waals surface area contributed by atoms with Gasteiger partial charge in [0.05, 0.1) is 9.52 Å². The van der Waals surface area contributed by atoms with E-state index in [4.69, 9.17) is 0 Å². The molecule has 1 aromatic carbocycles. The SMILES string of the molecule is CC[Si]c1cn(C)c2ccccc12. The van der Waals surface area contributed by atoms with Crippen molar-refractivity contribution < 1.29 is 0 Å². The summed E-state index contributed by atoms with van der Waals surface area (Å²) in [6, 6.07) is 9.85. The van der Waals surface area contributed by atoms with Gasteiger partial charge >= 0.3 is 0 Å². The van der Waals surface area contributed by atoms with E-state index in [0.717, 1.165) is 9.52 Å². The maximum Gasteiger partial charge on any atom is 0.0834 e. The summed E-state index contributed by atoms with van der Waals surface area (Å²) in [7, 11) is 3.06. The molecule has 66 valence electrons. The highest BCUT2D eigenvalue weighted by Gasteiger charge is 2.04. The fourth-order valence-electron chi connectivity index (χ4n) is 1.67. The molecule has 0 N–H and O–H groups in total. The third kappa shape index (κ3) is 1.42. The van der Waals surface area contributed by atoms with Gasteiger partial charge in [0.15, 0.2) is 0 Å². The number of benzene rings is 1. The predicted molar refractivity (Wildman–Crippen MR) is 58.8 cm³/mol. The first-order chi connectivity index (χ1) is 6.33. The summed E-state index contributed by atoms with van der Waals surface area (Å²) in [5, 5.41) is 2.92. The number of nitrogens with zero attached hydrogens (tertiary/aromatic N) is 1. The van der Waals surface area contributed by atoms with Crippen LogP contribution in [0.1, 0.15) is 6.92 Å². The second kappa shape index (κ2) is 3.38. The highest BCUT2D eigenvalue weighted by molar-refractivity contribution is 6.57. The topological polar surface area (TPSA) is 4.93 Å². The number of hydrogen-bond acceptors (Lipinski definition) is 0. The molecule has 0 atom stereocenters. The van der Waals surface area contributed by atoms with E-state index < -0.39 is 0 Å². The summed E-state index contributed by atoms with van der Waals surface area (Å²) in [6.45, 7) is 2.24. The fourth-order valence-corrected chi connectivity index (χ4v) is 2.74. The molecule has 0 aliphatic carbocycles. The second-order valence-corrected chi connectivity index (χ2v) is 4.80. The van der Waals surface area contributed by atoms with Crippen molar-refractivity contribution in [1.29, 1.82) is 0 Å². The molecular weight excluding hydrogens is 174 g/mol. The predicted octanol–water partition coefficient (Wildman–Crippen LogP) is 1.95. The molecule has 0 unspecified atom stereocenters. The lowest BCUT2D eigenvalue weighted by Gasteiger charge is -1.93. The average Bonchev–Trinajstić information content (AvgIpc) is 2.46. The van der Waals surface area contributed by atoms with Gasteiger partial charge in [0, 0.05) is 18.8 Å². The van der Waals surface area contributed by atoms with Gasteiger partial charge in [-0.25, -0.2) is 0 Å². The van der Waals surface area contributed by atoms with Crippen LogP contribution in [0.3, 0.4) is 0 Å². The van der Waals surface area contributed by atoms with Gasteiger partial charge in [-0.05, 0) is 16.6 Å².